The predicted octanol–water partition coefficient (Wildman–Crippen LogP) is 2.08. The molecular formula is C18H16N4O3. The normalized spacial score (nSPS) is 15.6. The molecule has 0 spiro atoms. The monoisotopic (exact) mass is 336 g/mol. The third-order valence-electron chi connectivity index (χ3n) is 3.81. The number of hydrogen-bond acceptors (Lipinski definition) is 6. The fraction of sp³-hybridized carbons (Fsp3) is 0.167. The minimum Gasteiger partial charge on any atom is -0.486 e. The highest BCUT2D eigenvalue weighted by Gasteiger charge is 2.20. The fourth-order valence-corrected chi connectivity index (χ4v) is 2.58. The second kappa shape index (κ2) is 6.64. The maximum atomic E-state index is 12.2. The largest absolute Gasteiger partial charge is 0.486 e. The number of fused-ring (bicyclic) bond motifs is 1. The summed E-state index contributed by atoms with van der Waals surface area (Å²) in [4.78, 5) is 14.9. The predicted molar refractivity (Wildman–Crippen MR) is 92.9 cm³/mol. The third-order valence-corrected chi connectivity index (χ3v) is 3.81. The highest BCUT2D eigenvalue weighted by molar-refractivity contribution is 5.57. The van der Waals surface area contributed by atoms with E-state index in [9.17, 15) is 4.79 Å². The van der Waals surface area contributed by atoms with E-state index in [1.807, 2.05) is 54.6 Å². The number of para-hydroxylation sites is 2. The van der Waals surface area contributed by atoms with Crippen molar-refractivity contribution in [3.63, 3.8) is 0 Å². The molecule has 2 N–H and O–H groups in total. The minimum atomic E-state index is -0.296. The Kier molecular flexibility index (Phi) is 4.04. The van der Waals surface area contributed by atoms with Crippen molar-refractivity contribution in [3.8, 4) is 22.8 Å². The molecule has 1 aromatic heterocycles. The van der Waals surface area contributed by atoms with E-state index in [0.29, 0.717) is 24.8 Å². The molecule has 0 fully saturated rings. The van der Waals surface area contributed by atoms with Crippen molar-refractivity contribution in [3.05, 3.63) is 65.0 Å². The Morgan fingerprint density at radius 2 is 1.80 bits per heavy atom. The van der Waals surface area contributed by atoms with Gasteiger partial charge in [0.2, 0.25) is 5.95 Å². The average molecular weight is 336 g/mol. The first-order chi connectivity index (χ1) is 12.3. The Morgan fingerprint density at radius 3 is 2.60 bits per heavy atom. The second-order valence-electron chi connectivity index (χ2n) is 5.60. The maximum Gasteiger partial charge on any atom is 0.279 e. The molecule has 0 bridgehead atoms. The average Bonchev–Trinajstić information content (AvgIpc) is 2.67. The van der Waals surface area contributed by atoms with Crippen molar-refractivity contribution in [1.82, 2.24) is 15.2 Å². The van der Waals surface area contributed by atoms with Crippen LogP contribution in [0.15, 0.2) is 59.4 Å². The number of rotatable bonds is 4. The van der Waals surface area contributed by atoms with E-state index in [2.05, 4.69) is 20.5 Å². The molecule has 0 amide bonds. The van der Waals surface area contributed by atoms with Gasteiger partial charge in [0, 0.05) is 5.56 Å². The highest BCUT2D eigenvalue weighted by Crippen LogP contribution is 2.30. The Balaban J connectivity index is 1.42. The molecule has 0 aliphatic carbocycles. The third kappa shape index (κ3) is 3.30. The Labute approximate surface area is 143 Å². The van der Waals surface area contributed by atoms with Crippen LogP contribution < -0.4 is 20.3 Å². The molecule has 0 saturated carbocycles. The number of nitrogens with zero attached hydrogens (tertiary/aromatic N) is 2. The summed E-state index contributed by atoms with van der Waals surface area (Å²) in [6.45, 7) is 0.855. The maximum absolute atomic E-state index is 12.2. The number of hydrogen-bond donors (Lipinski definition) is 2. The molecule has 7 heteroatoms. The van der Waals surface area contributed by atoms with Crippen LogP contribution in [0.3, 0.4) is 0 Å². The zero-order chi connectivity index (χ0) is 17.1. The van der Waals surface area contributed by atoms with E-state index in [0.717, 1.165) is 11.3 Å². The van der Waals surface area contributed by atoms with Gasteiger partial charge in [-0.15, -0.1) is 10.2 Å². The lowest BCUT2D eigenvalue weighted by atomic mass is 10.2. The van der Waals surface area contributed by atoms with Crippen LogP contribution >= 0.6 is 0 Å². The van der Waals surface area contributed by atoms with Gasteiger partial charge in [-0.1, -0.05) is 42.5 Å². The fourth-order valence-electron chi connectivity index (χ4n) is 2.58. The summed E-state index contributed by atoms with van der Waals surface area (Å²) in [5, 5.41) is 11.1. The van der Waals surface area contributed by atoms with Gasteiger partial charge in [-0.25, -0.2) is 0 Å². The molecule has 1 aliphatic heterocycles. The zero-order valence-electron chi connectivity index (χ0n) is 13.3. The first-order valence-corrected chi connectivity index (χ1v) is 7.94. The molecule has 2 heterocycles. The molecule has 1 aliphatic rings. The topological polar surface area (TPSA) is 89.1 Å². The Morgan fingerprint density at radius 1 is 1.04 bits per heavy atom. The van der Waals surface area contributed by atoms with Crippen molar-refractivity contribution >= 4 is 5.95 Å². The molecule has 7 nitrogen and oxygen atoms in total. The van der Waals surface area contributed by atoms with Crippen LogP contribution in [-0.2, 0) is 0 Å². The lowest BCUT2D eigenvalue weighted by Gasteiger charge is -2.26. The van der Waals surface area contributed by atoms with Gasteiger partial charge in [0.1, 0.15) is 12.7 Å². The van der Waals surface area contributed by atoms with Crippen LogP contribution in [0, 0.1) is 0 Å². The highest BCUT2D eigenvalue weighted by atomic mass is 16.6. The number of benzene rings is 2. The standard InChI is InChI=1S/C18H16N4O3/c23-17-16(12-6-2-1-3-7-12)21-22-18(20-17)19-10-13-11-24-14-8-4-5-9-15(14)25-13/h1-9,13H,10-11H2,(H2,19,20,22,23). The molecule has 3 aromatic rings. The molecule has 0 saturated heterocycles. The second-order valence-corrected chi connectivity index (χ2v) is 5.60. The smallest absolute Gasteiger partial charge is 0.279 e. The van der Waals surface area contributed by atoms with Crippen molar-refractivity contribution in [2.45, 2.75) is 6.10 Å². The van der Waals surface area contributed by atoms with Gasteiger partial charge in [0.15, 0.2) is 17.2 Å². The quantitative estimate of drug-likeness (QED) is 0.758. The van der Waals surface area contributed by atoms with Crippen molar-refractivity contribution in [2.75, 3.05) is 18.5 Å². The molecule has 1 unspecified atom stereocenters. The van der Waals surface area contributed by atoms with Crippen LogP contribution in [-0.4, -0.2) is 34.4 Å². The van der Waals surface area contributed by atoms with E-state index >= 15 is 0 Å². The molecule has 126 valence electrons. The number of aromatic amines is 1. The van der Waals surface area contributed by atoms with Crippen LogP contribution in [0.4, 0.5) is 5.95 Å². The van der Waals surface area contributed by atoms with Crippen LogP contribution in [0.2, 0.25) is 0 Å². The SMILES string of the molecule is O=c1[nH]c(NCC2COc3ccccc3O2)nnc1-c1ccccc1. The number of H-pyrrole nitrogens is 1. The zero-order valence-corrected chi connectivity index (χ0v) is 13.3. The number of ether oxygens (including phenoxy) is 2. The molecule has 2 aromatic carbocycles. The van der Waals surface area contributed by atoms with Crippen LogP contribution in [0.5, 0.6) is 11.5 Å². The summed E-state index contributed by atoms with van der Waals surface area (Å²) >= 11 is 0. The van der Waals surface area contributed by atoms with E-state index in [1.54, 1.807) is 0 Å². The molecular weight excluding hydrogens is 320 g/mol. The van der Waals surface area contributed by atoms with Crippen LogP contribution in [0.25, 0.3) is 11.3 Å². The van der Waals surface area contributed by atoms with Gasteiger partial charge in [0.05, 0.1) is 6.54 Å². The summed E-state index contributed by atoms with van der Waals surface area (Å²) < 4.78 is 11.5. The number of nitrogens with one attached hydrogen (secondary N) is 2. The van der Waals surface area contributed by atoms with E-state index in [1.165, 1.54) is 0 Å². The summed E-state index contributed by atoms with van der Waals surface area (Å²) in [7, 11) is 0. The van der Waals surface area contributed by atoms with Gasteiger partial charge in [-0.05, 0) is 12.1 Å². The van der Waals surface area contributed by atoms with Gasteiger partial charge >= 0.3 is 0 Å². The summed E-state index contributed by atoms with van der Waals surface area (Å²) in [5.41, 5.74) is 0.718. The van der Waals surface area contributed by atoms with Crippen LogP contribution in [0.1, 0.15) is 0 Å². The first-order valence-electron chi connectivity index (χ1n) is 7.94. The van der Waals surface area contributed by atoms with E-state index in [4.69, 9.17) is 9.47 Å². The summed E-state index contributed by atoms with van der Waals surface area (Å²) in [6, 6.07) is 16.7. The molecule has 25 heavy (non-hydrogen) atoms. The Hall–Kier alpha value is -3.35. The Bertz CT molecular complexity index is 927. The summed E-state index contributed by atoms with van der Waals surface area (Å²) in [6.07, 6.45) is -0.186. The lowest BCUT2D eigenvalue weighted by molar-refractivity contribution is 0.0996. The number of aromatic nitrogens is 3. The molecule has 0 radical (unpaired) electrons. The van der Waals surface area contributed by atoms with E-state index < -0.39 is 0 Å². The molecule has 4 rings (SSSR count). The minimum absolute atomic E-state index is 0.186. The van der Waals surface area contributed by atoms with Crippen molar-refractivity contribution in [1.29, 1.82) is 0 Å². The van der Waals surface area contributed by atoms with Gasteiger partial charge < -0.3 is 14.8 Å². The summed E-state index contributed by atoms with van der Waals surface area (Å²) in [5.74, 6) is 1.74. The molecule has 1 atom stereocenters. The van der Waals surface area contributed by atoms with Gasteiger partial charge in [-0.2, -0.15) is 0 Å². The van der Waals surface area contributed by atoms with Gasteiger partial charge in [-0.3, -0.25) is 9.78 Å². The van der Waals surface area contributed by atoms with Gasteiger partial charge in [0.25, 0.3) is 5.56 Å². The number of anilines is 1. The first kappa shape index (κ1) is 15.2. The lowest BCUT2D eigenvalue weighted by Crippen LogP contribution is -2.36. The van der Waals surface area contributed by atoms with Crippen molar-refractivity contribution in [2.24, 2.45) is 0 Å². The van der Waals surface area contributed by atoms with E-state index in [-0.39, 0.29) is 17.4 Å². The van der Waals surface area contributed by atoms with Crippen molar-refractivity contribution < 1.29 is 9.47 Å².